The Morgan fingerprint density at radius 3 is 2.36 bits per heavy atom. The van der Waals surface area contributed by atoms with Crippen molar-refractivity contribution in [3.63, 3.8) is 0 Å². The van der Waals surface area contributed by atoms with Crippen LogP contribution < -0.4 is 5.32 Å². The molecule has 0 aliphatic rings. The van der Waals surface area contributed by atoms with Gasteiger partial charge in [-0.3, -0.25) is 14.3 Å². The molecule has 7 nitrogen and oxygen atoms in total. The molecule has 22 heavy (non-hydrogen) atoms. The van der Waals surface area contributed by atoms with E-state index < -0.39 is 0 Å². The largest absolute Gasteiger partial charge is 0.319 e. The predicted octanol–water partition coefficient (Wildman–Crippen LogP) is 1.93. The van der Waals surface area contributed by atoms with Crippen LogP contribution in [0.15, 0.2) is 43.2 Å². The number of aryl methyl sites for hydroxylation is 1. The van der Waals surface area contributed by atoms with Crippen molar-refractivity contribution in [1.82, 2.24) is 24.5 Å². The van der Waals surface area contributed by atoms with Crippen LogP contribution in [0.1, 0.15) is 21.7 Å². The van der Waals surface area contributed by atoms with Crippen LogP contribution in [0.2, 0.25) is 0 Å². The van der Waals surface area contributed by atoms with Gasteiger partial charge in [-0.15, -0.1) is 0 Å². The summed E-state index contributed by atoms with van der Waals surface area (Å²) in [4.78, 5) is 28.6. The topological polar surface area (TPSA) is 85.6 Å². The van der Waals surface area contributed by atoms with Crippen molar-refractivity contribution >= 4 is 11.6 Å². The number of pyridine rings is 1. The van der Waals surface area contributed by atoms with Gasteiger partial charge in [0, 0.05) is 23.7 Å². The van der Waals surface area contributed by atoms with E-state index in [1.165, 1.54) is 0 Å². The van der Waals surface area contributed by atoms with Crippen molar-refractivity contribution in [2.24, 2.45) is 0 Å². The summed E-state index contributed by atoms with van der Waals surface area (Å²) in [6, 6.07) is 3.28. The van der Waals surface area contributed by atoms with Crippen molar-refractivity contribution in [3.8, 4) is 5.95 Å². The van der Waals surface area contributed by atoms with E-state index in [0.717, 1.165) is 11.4 Å². The van der Waals surface area contributed by atoms with Crippen LogP contribution in [0.5, 0.6) is 0 Å². The van der Waals surface area contributed by atoms with Crippen molar-refractivity contribution in [1.29, 1.82) is 0 Å². The van der Waals surface area contributed by atoms with E-state index in [1.54, 1.807) is 47.8 Å². The number of rotatable bonds is 3. The van der Waals surface area contributed by atoms with Gasteiger partial charge in [-0.1, -0.05) is 0 Å². The van der Waals surface area contributed by atoms with Crippen LogP contribution in [0.4, 0.5) is 5.69 Å². The minimum absolute atomic E-state index is 0.228. The third-order valence-corrected chi connectivity index (χ3v) is 3.31. The minimum atomic E-state index is -0.228. The average Bonchev–Trinajstić information content (AvgIpc) is 2.89. The van der Waals surface area contributed by atoms with Crippen LogP contribution in [0.3, 0.4) is 0 Å². The van der Waals surface area contributed by atoms with E-state index in [1.807, 2.05) is 13.8 Å². The van der Waals surface area contributed by atoms with Gasteiger partial charge in [0.2, 0.25) is 5.95 Å². The molecule has 0 radical (unpaired) electrons. The van der Waals surface area contributed by atoms with Gasteiger partial charge in [-0.25, -0.2) is 15.0 Å². The van der Waals surface area contributed by atoms with Gasteiger partial charge in [-0.2, -0.15) is 0 Å². The summed E-state index contributed by atoms with van der Waals surface area (Å²) in [7, 11) is 0. The zero-order valence-electron chi connectivity index (χ0n) is 12.2. The molecule has 3 aromatic heterocycles. The Kier molecular flexibility index (Phi) is 3.61. The van der Waals surface area contributed by atoms with Gasteiger partial charge in [0.15, 0.2) is 0 Å². The number of aromatic nitrogens is 5. The monoisotopic (exact) mass is 294 g/mol. The maximum Gasteiger partial charge on any atom is 0.255 e. The van der Waals surface area contributed by atoms with Crippen molar-refractivity contribution in [3.05, 3.63) is 60.2 Å². The fourth-order valence-corrected chi connectivity index (χ4v) is 1.92. The van der Waals surface area contributed by atoms with E-state index >= 15 is 0 Å². The molecule has 0 saturated carbocycles. The minimum Gasteiger partial charge on any atom is -0.319 e. The lowest BCUT2D eigenvalue weighted by atomic mass is 10.2. The van der Waals surface area contributed by atoms with Gasteiger partial charge in [0.1, 0.15) is 6.33 Å². The van der Waals surface area contributed by atoms with Crippen molar-refractivity contribution < 1.29 is 4.79 Å². The molecule has 0 saturated heterocycles. The molecule has 3 aromatic rings. The summed E-state index contributed by atoms with van der Waals surface area (Å²) < 4.78 is 1.80. The molecule has 110 valence electrons. The highest BCUT2D eigenvalue weighted by Gasteiger charge is 2.09. The van der Waals surface area contributed by atoms with Crippen molar-refractivity contribution in [2.75, 3.05) is 5.32 Å². The Bertz CT molecular complexity index is 795. The second-order valence-corrected chi connectivity index (χ2v) is 4.75. The van der Waals surface area contributed by atoms with Crippen LogP contribution in [0.25, 0.3) is 5.95 Å². The van der Waals surface area contributed by atoms with Gasteiger partial charge in [0.05, 0.1) is 23.8 Å². The Morgan fingerprint density at radius 1 is 1.09 bits per heavy atom. The SMILES string of the molecule is Cc1ncn(-c2ncc(NC(=O)c3ccncc3)cn2)c1C. The van der Waals surface area contributed by atoms with E-state index in [0.29, 0.717) is 17.2 Å². The van der Waals surface area contributed by atoms with Crippen LogP contribution >= 0.6 is 0 Å². The highest BCUT2D eigenvalue weighted by atomic mass is 16.1. The number of hydrogen-bond acceptors (Lipinski definition) is 5. The highest BCUT2D eigenvalue weighted by Crippen LogP contribution is 2.12. The summed E-state index contributed by atoms with van der Waals surface area (Å²) >= 11 is 0. The number of carbonyl (C=O) groups excluding carboxylic acids is 1. The molecule has 1 N–H and O–H groups in total. The van der Waals surface area contributed by atoms with Crippen LogP contribution in [-0.4, -0.2) is 30.4 Å². The Morgan fingerprint density at radius 2 is 1.77 bits per heavy atom. The summed E-state index contributed by atoms with van der Waals surface area (Å²) in [5.74, 6) is 0.286. The molecular weight excluding hydrogens is 280 g/mol. The normalized spacial score (nSPS) is 10.5. The molecule has 3 heterocycles. The molecular formula is C15H14N6O. The first kappa shape index (κ1) is 13.9. The smallest absolute Gasteiger partial charge is 0.255 e. The van der Waals surface area contributed by atoms with E-state index in [2.05, 4.69) is 25.3 Å². The van der Waals surface area contributed by atoms with E-state index in [-0.39, 0.29) is 5.91 Å². The summed E-state index contributed by atoms with van der Waals surface area (Å²) in [6.45, 7) is 3.87. The number of amides is 1. The first-order valence-electron chi connectivity index (χ1n) is 6.69. The number of nitrogens with one attached hydrogen (secondary N) is 1. The number of nitrogens with zero attached hydrogens (tertiary/aromatic N) is 5. The fraction of sp³-hybridized carbons (Fsp3) is 0.133. The third kappa shape index (κ3) is 2.69. The van der Waals surface area contributed by atoms with Gasteiger partial charge in [-0.05, 0) is 26.0 Å². The zero-order valence-corrected chi connectivity index (χ0v) is 12.2. The highest BCUT2D eigenvalue weighted by molar-refractivity contribution is 6.03. The fourth-order valence-electron chi connectivity index (χ4n) is 1.92. The molecule has 0 atom stereocenters. The van der Waals surface area contributed by atoms with Gasteiger partial charge >= 0.3 is 0 Å². The number of imidazole rings is 1. The second-order valence-electron chi connectivity index (χ2n) is 4.75. The molecule has 0 spiro atoms. The predicted molar refractivity (Wildman–Crippen MR) is 80.8 cm³/mol. The molecule has 1 amide bonds. The Hall–Kier alpha value is -3.09. The van der Waals surface area contributed by atoms with E-state index in [4.69, 9.17) is 0 Å². The molecule has 0 fully saturated rings. The van der Waals surface area contributed by atoms with Crippen LogP contribution in [-0.2, 0) is 0 Å². The molecule has 0 unspecified atom stereocenters. The Labute approximate surface area is 127 Å². The molecule has 3 rings (SSSR count). The van der Waals surface area contributed by atoms with E-state index in [9.17, 15) is 4.79 Å². The molecule has 0 aliphatic carbocycles. The molecule has 0 aromatic carbocycles. The summed E-state index contributed by atoms with van der Waals surface area (Å²) in [6.07, 6.45) is 7.94. The van der Waals surface area contributed by atoms with Gasteiger partial charge in [0.25, 0.3) is 5.91 Å². The summed E-state index contributed by atoms with van der Waals surface area (Å²) in [5.41, 5.74) is 2.97. The third-order valence-electron chi connectivity index (χ3n) is 3.31. The Balaban J connectivity index is 1.77. The number of anilines is 1. The first-order chi connectivity index (χ1) is 10.6. The quantitative estimate of drug-likeness (QED) is 0.797. The first-order valence-corrected chi connectivity index (χ1v) is 6.69. The molecule has 7 heteroatoms. The van der Waals surface area contributed by atoms with Crippen LogP contribution in [0, 0.1) is 13.8 Å². The van der Waals surface area contributed by atoms with Gasteiger partial charge < -0.3 is 5.32 Å². The lowest BCUT2D eigenvalue weighted by Gasteiger charge is -2.06. The number of hydrogen-bond donors (Lipinski definition) is 1. The molecule has 0 bridgehead atoms. The molecule has 0 aliphatic heterocycles. The standard InChI is InChI=1S/C15H14N6O/c1-10-11(2)21(9-19-10)15-17-7-13(8-18-15)20-14(22)12-3-5-16-6-4-12/h3-9H,1-2H3,(H,20,22). The number of carbonyl (C=O) groups is 1. The van der Waals surface area contributed by atoms with Crippen molar-refractivity contribution in [2.45, 2.75) is 13.8 Å². The maximum atomic E-state index is 12.0. The zero-order chi connectivity index (χ0) is 15.5. The second kappa shape index (κ2) is 5.72. The lowest BCUT2D eigenvalue weighted by Crippen LogP contribution is -2.13. The summed E-state index contributed by atoms with van der Waals surface area (Å²) in [5, 5.41) is 2.74. The maximum absolute atomic E-state index is 12.0. The lowest BCUT2D eigenvalue weighted by molar-refractivity contribution is 0.102. The average molecular weight is 294 g/mol.